The number of carboxylic acid groups (broad SMARTS) is 15. The van der Waals surface area contributed by atoms with E-state index in [2.05, 4.69) is 0 Å². The van der Waals surface area contributed by atoms with Crippen LogP contribution in [0.4, 0.5) is 0 Å². The molecule has 0 aromatic rings. The Morgan fingerprint density at radius 2 is 0.250 bits per heavy atom. The van der Waals surface area contributed by atoms with Gasteiger partial charge >= 0.3 is 89.5 Å². The van der Waals surface area contributed by atoms with E-state index >= 15 is 0 Å². The van der Waals surface area contributed by atoms with Gasteiger partial charge in [-0.3, -0.25) is 71.9 Å². The molecule has 524 valence electrons. The van der Waals surface area contributed by atoms with E-state index in [4.69, 9.17) is 0 Å². The molecule has 0 aromatic carbocycles. The van der Waals surface area contributed by atoms with Crippen molar-refractivity contribution in [3.63, 3.8) is 0 Å². The smallest absolute Gasteiger partial charge is 0.309 e. The molecule has 0 fully saturated rings. The van der Waals surface area contributed by atoms with Gasteiger partial charge in [-0.05, 0) is 207 Å². The monoisotopic (exact) mass is 1320 g/mol. The Hall–Kier alpha value is -7.95. The number of aliphatic carboxylic acids is 15. The highest BCUT2D eigenvalue weighted by atomic mass is 16.4. The fraction of sp³-hybridized carbons (Fsp3) is 0.758. The molecule has 30 nitrogen and oxygen atoms in total. The topological polar surface area (TPSA) is 560 Å². The summed E-state index contributed by atoms with van der Waals surface area (Å²) in [5.41, 5.74) is -36.5. The van der Waals surface area contributed by atoms with Crippen molar-refractivity contribution in [1.29, 1.82) is 0 Å². The van der Waals surface area contributed by atoms with E-state index in [1.165, 1.54) is 13.8 Å². The average molecular weight is 1320 g/mol. The molecule has 15 N–H and O–H groups in total. The van der Waals surface area contributed by atoms with Crippen molar-refractivity contribution in [2.45, 2.75) is 214 Å². The quantitative estimate of drug-likeness (QED) is 0.0273. The Labute approximate surface area is 531 Å². The van der Waals surface area contributed by atoms with Crippen LogP contribution in [-0.4, -0.2) is 166 Å². The molecule has 0 saturated heterocycles. The van der Waals surface area contributed by atoms with E-state index in [1.807, 2.05) is 0 Å². The second kappa shape index (κ2) is 27.7. The summed E-state index contributed by atoms with van der Waals surface area (Å²) in [7, 11) is 0. The first-order chi connectivity index (χ1) is 40.6. The predicted molar refractivity (Wildman–Crippen MR) is 317 cm³/mol. The molecule has 0 aliphatic rings. The van der Waals surface area contributed by atoms with E-state index < -0.39 is 261 Å². The van der Waals surface area contributed by atoms with Crippen molar-refractivity contribution in [3.8, 4) is 0 Å². The van der Waals surface area contributed by atoms with Gasteiger partial charge in [0.1, 0.15) is 0 Å². The van der Waals surface area contributed by atoms with Crippen LogP contribution in [0.5, 0.6) is 0 Å². The first-order valence-corrected chi connectivity index (χ1v) is 29.1. The number of carboxylic acids is 15. The third-order valence-electron chi connectivity index (χ3n) is 19.6. The van der Waals surface area contributed by atoms with E-state index in [-0.39, 0.29) is 6.42 Å². The van der Waals surface area contributed by atoms with Crippen LogP contribution in [0, 0.1) is 81.2 Å². The summed E-state index contributed by atoms with van der Waals surface area (Å²) in [4.78, 5) is 198. The lowest BCUT2D eigenvalue weighted by Gasteiger charge is -2.46. The van der Waals surface area contributed by atoms with Crippen LogP contribution < -0.4 is 0 Å². The van der Waals surface area contributed by atoms with Crippen LogP contribution in [-0.2, 0) is 71.9 Å². The van der Waals surface area contributed by atoms with Gasteiger partial charge in [0.2, 0.25) is 0 Å². The van der Waals surface area contributed by atoms with Crippen molar-refractivity contribution >= 4 is 89.5 Å². The van der Waals surface area contributed by atoms with Gasteiger partial charge in [0.05, 0.1) is 81.2 Å². The predicted octanol–water partition coefficient (Wildman–Crippen LogP) is 8.24. The molecule has 0 aliphatic heterocycles. The summed E-state index contributed by atoms with van der Waals surface area (Å²) in [5, 5.41) is 160. The Morgan fingerprint density at radius 1 is 0.163 bits per heavy atom. The van der Waals surface area contributed by atoms with Crippen molar-refractivity contribution in [2.24, 2.45) is 81.2 Å². The van der Waals surface area contributed by atoms with Crippen molar-refractivity contribution in [3.05, 3.63) is 0 Å². The average Bonchev–Trinajstić information content (AvgIpc) is 0.770. The van der Waals surface area contributed by atoms with Gasteiger partial charge in [-0.1, -0.05) is 6.92 Å². The maximum Gasteiger partial charge on any atom is 0.309 e. The minimum absolute atomic E-state index is 0.133. The van der Waals surface area contributed by atoms with Crippen LogP contribution in [0.15, 0.2) is 0 Å². The summed E-state index contributed by atoms with van der Waals surface area (Å²) < 4.78 is 0. The number of carbonyl (C=O) groups is 15. The van der Waals surface area contributed by atoms with Crippen LogP contribution >= 0.6 is 0 Å². The Kier molecular flexibility index (Phi) is 25.3. The van der Waals surface area contributed by atoms with Gasteiger partial charge in [0.25, 0.3) is 0 Å². The second-order valence-electron chi connectivity index (χ2n) is 31.1. The third kappa shape index (κ3) is 18.9. The highest BCUT2D eigenvalue weighted by molar-refractivity contribution is 5.87. The lowest BCUT2D eigenvalue weighted by atomic mass is 9.55. The fourth-order valence-corrected chi connectivity index (χ4v) is 15.4. The lowest BCUT2D eigenvalue weighted by Crippen LogP contribution is -2.51. The molecule has 0 spiro atoms. The first-order valence-electron chi connectivity index (χ1n) is 29.1. The fourth-order valence-electron chi connectivity index (χ4n) is 15.4. The molecule has 0 amide bonds. The lowest BCUT2D eigenvalue weighted by molar-refractivity contribution is -0.172. The molecule has 0 heterocycles. The van der Waals surface area contributed by atoms with Crippen molar-refractivity contribution < 1.29 is 149 Å². The van der Waals surface area contributed by atoms with Crippen LogP contribution in [0.25, 0.3) is 0 Å². The van der Waals surface area contributed by atoms with Gasteiger partial charge in [-0.25, -0.2) is 0 Å². The Balaban J connectivity index is 8.02. The van der Waals surface area contributed by atoms with E-state index in [0.717, 1.165) is 104 Å². The molecule has 0 saturated carbocycles. The Bertz CT molecular complexity index is 2990. The molecule has 30 heteroatoms. The normalized spacial score (nSPS) is 21.2. The third-order valence-corrected chi connectivity index (χ3v) is 19.6. The summed E-state index contributed by atoms with van der Waals surface area (Å²) in [6.07, 6.45) is -15.2. The molecule has 0 bridgehead atoms. The summed E-state index contributed by atoms with van der Waals surface area (Å²) in [6.45, 7) is 16.7. The zero-order chi connectivity index (χ0) is 73.8. The van der Waals surface area contributed by atoms with E-state index in [9.17, 15) is 149 Å². The molecule has 14 atom stereocenters. The van der Waals surface area contributed by atoms with Gasteiger partial charge in [0.15, 0.2) is 0 Å². The molecule has 0 aliphatic carbocycles. The maximum atomic E-state index is 13.6. The molecule has 0 aromatic heterocycles. The van der Waals surface area contributed by atoms with Crippen LogP contribution in [0.2, 0.25) is 0 Å². The zero-order valence-electron chi connectivity index (χ0n) is 55.4. The van der Waals surface area contributed by atoms with Gasteiger partial charge < -0.3 is 76.6 Å². The highest BCUT2D eigenvalue weighted by Crippen LogP contribution is 2.58. The standard InChI is InChI=1S/C62H96O30/c1-18-49(4,34(65)66)20-51(6,36(69)70)22-53(8,38(73)74)24-55(10,40(77)78)26-57(12,42(81)82)28-59(14,44(85)86)30-61(16,46(89)90)32-62(17,47(91)92)31-60(15,45(87)88)29-58(13,43(83)84)27-56(11,41(79)80)25-54(9,39(75)76)23-52(7,37(71)72)21-50(5,35(67)68)19-48(2,3)33(63)64/h18-32H2,1-17H3,(H,63,64)(H,65,66)(H,67,68)(H,69,70)(H,71,72)(H,73,74)(H,75,76)(H,77,78)(H,79,80)(H,81,82)(H,83,84)(H,85,86)(H,87,88)(H,89,90)(H,91,92). The van der Waals surface area contributed by atoms with Crippen molar-refractivity contribution in [2.75, 3.05) is 0 Å². The minimum Gasteiger partial charge on any atom is -0.481 e. The maximum absolute atomic E-state index is 13.6. The number of hydrogen-bond acceptors (Lipinski definition) is 15. The SMILES string of the molecule is CCC(C)(CC(C)(CC(C)(CC(C)(CC(C)(CC(C)(CC(C)(CC(C)(CC(C)(CC(C)(CC(C)(CC(C)(CC(C)(CC(C)(CC(C)(C)C(=O)O)C(=O)O)C(=O)O)C(=O)O)C(=O)O)C(=O)O)C(=O)O)C(=O)O)C(=O)O)C(=O)O)C(=O)O)C(=O)O)C(=O)O)C(=O)O)C(=O)O. The first kappa shape index (κ1) is 84.0. The largest absolute Gasteiger partial charge is 0.481 e. The van der Waals surface area contributed by atoms with Crippen LogP contribution in [0.3, 0.4) is 0 Å². The molecule has 0 rings (SSSR count). The van der Waals surface area contributed by atoms with E-state index in [0.29, 0.717) is 0 Å². The summed E-state index contributed by atoms with van der Waals surface area (Å²) in [5.74, 6) is -27.2. The highest BCUT2D eigenvalue weighted by Gasteiger charge is 2.62. The number of hydrogen-bond donors (Lipinski definition) is 15. The summed E-state index contributed by atoms with van der Waals surface area (Å²) in [6, 6.07) is 0. The van der Waals surface area contributed by atoms with Crippen LogP contribution in [0.1, 0.15) is 214 Å². The van der Waals surface area contributed by atoms with Gasteiger partial charge in [0, 0.05) is 0 Å². The second-order valence-corrected chi connectivity index (χ2v) is 31.1. The summed E-state index contributed by atoms with van der Waals surface area (Å²) >= 11 is 0. The minimum atomic E-state index is -2.70. The zero-order valence-corrected chi connectivity index (χ0v) is 55.4. The molecule has 14 unspecified atom stereocenters. The van der Waals surface area contributed by atoms with Gasteiger partial charge in [-0.15, -0.1) is 0 Å². The number of rotatable bonds is 44. The molecular formula is C62H96O30. The molecule has 0 radical (unpaired) electrons. The van der Waals surface area contributed by atoms with E-state index in [1.54, 1.807) is 0 Å². The Morgan fingerprint density at radius 3 is 0.326 bits per heavy atom. The van der Waals surface area contributed by atoms with Gasteiger partial charge in [-0.2, -0.15) is 0 Å². The molecular weight excluding hydrogens is 1220 g/mol. The molecule has 92 heavy (non-hydrogen) atoms. The van der Waals surface area contributed by atoms with Crippen molar-refractivity contribution in [1.82, 2.24) is 0 Å².